The highest BCUT2D eigenvalue weighted by Crippen LogP contribution is 2.26. The summed E-state index contributed by atoms with van der Waals surface area (Å²) in [4.78, 5) is 41.2. The van der Waals surface area contributed by atoms with Crippen LogP contribution in [-0.2, 0) is 29.8 Å². The summed E-state index contributed by atoms with van der Waals surface area (Å²) >= 11 is 0. The fourth-order valence-corrected chi connectivity index (χ4v) is 4.73. The number of anilines is 2. The van der Waals surface area contributed by atoms with Gasteiger partial charge in [0, 0.05) is 25.0 Å². The average Bonchev–Trinajstić information content (AvgIpc) is 3.17. The molecule has 3 aromatic heterocycles. The van der Waals surface area contributed by atoms with Crippen LogP contribution in [0.25, 0.3) is 16.9 Å². The van der Waals surface area contributed by atoms with E-state index >= 15 is 0 Å². The Balaban J connectivity index is 1.46. The third-order valence-electron chi connectivity index (χ3n) is 6.68. The summed E-state index contributed by atoms with van der Waals surface area (Å²) < 4.78 is 8.64. The number of ether oxygens (including phenoxy) is 1. The quantitative estimate of drug-likeness (QED) is 0.334. The molecule has 5 rings (SSSR count). The zero-order valence-electron chi connectivity index (χ0n) is 24.0. The Labute approximate surface area is 238 Å². The van der Waals surface area contributed by atoms with Crippen LogP contribution in [0.5, 0.6) is 0 Å². The van der Waals surface area contributed by atoms with Crippen LogP contribution < -0.4 is 10.9 Å². The number of hydrogen-bond donors (Lipinski definition) is 2. The Morgan fingerprint density at radius 1 is 1.15 bits per heavy atom. The van der Waals surface area contributed by atoms with Gasteiger partial charge >= 0.3 is 6.09 Å². The number of nitrogens with one attached hydrogen (secondary N) is 1. The Morgan fingerprint density at radius 2 is 1.93 bits per heavy atom. The largest absolute Gasteiger partial charge is 0.444 e. The van der Waals surface area contributed by atoms with Gasteiger partial charge in [0.1, 0.15) is 16.6 Å². The van der Waals surface area contributed by atoms with Gasteiger partial charge in [-0.1, -0.05) is 18.2 Å². The van der Waals surface area contributed by atoms with Gasteiger partial charge in [-0.25, -0.2) is 24.1 Å². The molecule has 11 nitrogen and oxygen atoms in total. The minimum atomic E-state index is -1.17. The van der Waals surface area contributed by atoms with Gasteiger partial charge in [0.2, 0.25) is 5.95 Å². The van der Waals surface area contributed by atoms with Crippen LogP contribution in [-0.4, -0.2) is 52.6 Å². The summed E-state index contributed by atoms with van der Waals surface area (Å²) in [6, 6.07) is 11.2. The fourth-order valence-electron chi connectivity index (χ4n) is 4.73. The van der Waals surface area contributed by atoms with Crippen LogP contribution in [0.15, 0.2) is 60.0 Å². The molecule has 1 aromatic carbocycles. The van der Waals surface area contributed by atoms with E-state index in [1.165, 1.54) is 10.9 Å². The molecule has 0 radical (unpaired) electrons. The predicted octanol–water partition coefficient (Wildman–Crippen LogP) is 4.43. The minimum absolute atomic E-state index is 0.234. The van der Waals surface area contributed by atoms with E-state index in [2.05, 4.69) is 21.9 Å². The van der Waals surface area contributed by atoms with E-state index < -0.39 is 11.2 Å². The Bertz CT molecular complexity index is 1690. The van der Waals surface area contributed by atoms with Crippen LogP contribution in [0.3, 0.4) is 0 Å². The maximum Gasteiger partial charge on any atom is 0.410 e. The first kappa shape index (κ1) is 28.0. The van der Waals surface area contributed by atoms with Gasteiger partial charge in [-0.15, -0.1) is 6.58 Å². The van der Waals surface area contributed by atoms with Crippen molar-refractivity contribution in [2.24, 2.45) is 0 Å². The van der Waals surface area contributed by atoms with Crippen molar-refractivity contribution in [3.8, 4) is 5.82 Å². The number of nitrogens with zero attached hydrogens (tertiary/aromatic N) is 6. The molecule has 41 heavy (non-hydrogen) atoms. The zero-order chi connectivity index (χ0) is 29.5. The summed E-state index contributed by atoms with van der Waals surface area (Å²) in [5, 5.41) is 14.1. The van der Waals surface area contributed by atoms with Gasteiger partial charge in [0.15, 0.2) is 11.5 Å². The van der Waals surface area contributed by atoms with E-state index in [0.717, 1.165) is 16.8 Å². The summed E-state index contributed by atoms with van der Waals surface area (Å²) in [5.41, 5.74) is 1.82. The second-order valence-electron chi connectivity index (χ2n) is 11.6. The lowest BCUT2D eigenvalue weighted by atomic mass is 9.99. The highest BCUT2D eigenvalue weighted by molar-refractivity contribution is 5.77. The molecule has 11 heteroatoms. The van der Waals surface area contributed by atoms with Crippen molar-refractivity contribution in [3.63, 3.8) is 0 Å². The Kier molecular flexibility index (Phi) is 7.16. The SMILES string of the molecule is C=CCn1c(=O)c2cnc(Nc3ccc4c(c3)CCN(C(=O)OC(C)(C)C)C4)nc2n1-c1cccc(C(C)(C)O)n1. The molecular weight excluding hydrogens is 522 g/mol. The lowest BCUT2D eigenvalue weighted by Gasteiger charge is -2.31. The van der Waals surface area contributed by atoms with Crippen molar-refractivity contribution in [2.45, 2.75) is 65.3 Å². The normalized spacial score (nSPS) is 13.7. The van der Waals surface area contributed by atoms with E-state index in [9.17, 15) is 14.7 Å². The third kappa shape index (κ3) is 5.85. The van der Waals surface area contributed by atoms with Crippen molar-refractivity contribution >= 4 is 28.8 Å². The first-order valence-electron chi connectivity index (χ1n) is 13.5. The standard InChI is InChI=1S/C30H35N7O4/c1-7-14-36-26(38)22-17-31-27(34-25(22)37(36)24-10-8-9-23(33-24)30(5,6)40)32-21-12-11-20-18-35(15-13-19(20)16-21)28(39)41-29(2,3)4/h7-12,16-17,40H,1,13-15,18H2,2-6H3,(H,31,32,34). The highest BCUT2D eigenvalue weighted by atomic mass is 16.6. The molecule has 2 N–H and O–H groups in total. The van der Waals surface area contributed by atoms with Crippen LogP contribution in [0.1, 0.15) is 51.4 Å². The number of rotatable bonds is 6. The molecule has 0 bridgehead atoms. The molecule has 0 spiro atoms. The van der Waals surface area contributed by atoms with Crippen molar-refractivity contribution in [1.82, 2.24) is 29.2 Å². The lowest BCUT2D eigenvalue weighted by molar-refractivity contribution is 0.0224. The molecule has 0 unspecified atom stereocenters. The van der Waals surface area contributed by atoms with Gasteiger partial charge in [0.05, 0.1) is 12.2 Å². The molecule has 0 fully saturated rings. The van der Waals surface area contributed by atoms with Gasteiger partial charge in [-0.2, -0.15) is 4.98 Å². The van der Waals surface area contributed by atoms with Crippen LogP contribution >= 0.6 is 0 Å². The van der Waals surface area contributed by atoms with Crippen molar-refractivity contribution < 1.29 is 14.6 Å². The smallest absolute Gasteiger partial charge is 0.410 e. The Morgan fingerprint density at radius 3 is 2.63 bits per heavy atom. The molecule has 0 saturated carbocycles. The number of carbonyl (C=O) groups excluding carboxylic acids is 1. The first-order chi connectivity index (χ1) is 19.3. The van der Waals surface area contributed by atoms with Crippen LogP contribution in [0.2, 0.25) is 0 Å². The zero-order valence-corrected chi connectivity index (χ0v) is 24.0. The van der Waals surface area contributed by atoms with Crippen molar-refractivity contribution in [1.29, 1.82) is 0 Å². The van der Waals surface area contributed by atoms with Gasteiger partial charge in [-0.05, 0) is 76.4 Å². The number of aromatic nitrogens is 5. The van der Waals surface area contributed by atoms with Gasteiger partial charge in [-0.3, -0.25) is 4.79 Å². The molecular formula is C30H35N7O4. The van der Waals surface area contributed by atoms with E-state index in [4.69, 9.17) is 9.72 Å². The molecule has 214 valence electrons. The maximum absolute atomic E-state index is 13.3. The fraction of sp³-hybridized carbons (Fsp3) is 0.367. The molecule has 4 aromatic rings. The number of pyridine rings is 1. The molecule has 4 heterocycles. The number of allylic oxidation sites excluding steroid dienone is 1. The molecule has 1 aliphatic rings. The van der Waals surface area contributed by atoms with E-state index in [1.807, 2.05) is 39.0 Å². The number of carbonyl (C=O) groups is 1. The maximum atomic E-state index is 13.3. The average molecular weight is 558 g/mol. The van der Waals surface area contributed by atoms with Crippen molar-refractivity contribution in [3.05, 3.63) is 82.4 Å². The minimum Gasteiger partial charge on any atom is -0.444 e. The summed E-state index contributed by atoms with van der Waals surface area (Å²) in [5.74, 6) is 0.748. The predicted molar refractivity (Wildman–Crippen MR) is 156 cm³/mol. The number of amides is 1. The molecule has 0 saturated heterocycles. The van der Waals surface area contributed by atoms with Crippen molar-refractivity contribution in [2.75, 3.05) is 11.9 Å². The molecule has 0 atom stereocenters. The summed E-state index contributed by atoms with van der Waals surface area (Å²) in [7, 11) is 0. The number of benzene rings is 1. The van der Waals surface area contributed by atoms with Crippen LogP contribution in [0, 0.1) is 0 Å². The van der Waals surface area contributed by atoms with Crippen LogP contribution in [0.4, 0.5) is 16.4 Å². The summed E-state index contributed by atoms with van der Waals surface area (Å²) in [6.45, 7) is 13.9. The van der Waals surface area contributed by atoms with Gasteiger partial charge in [0.25, 0.3) is 5.56 Å². The third-order valence-corrected chi connectivity index (χ3v) is 6.68. The highest BCUT2D eigenvalue weighted by Gasteiger charge is 2.26. The molecule has 1 aliphatic heterocycles. The number of aliphatic hydroxyl groups is 1. The molecule has 0 aliphatic carbocycles. The van der Waals surface area contributed by atoms with E-state index in [0.29, 0.717) is 48.0 Å². The monoisotopic (exact) mass is 557 g/mol. The molecule has 1 amide bonds. The topological polar surface area (TPSA) is 127 Å². The second kappa shape index (κ2) is 10.5. The summed E-state index contributed by atoms with van der Waals surface area (Å²) in [6.07, 6.45) is 3.50. The Hall–Kier alpha value is -4.51. The lowest BCUT2D eigenvalue weighted by Crippen LogP contribution is -2.39. The van der Waals surface area contributed by atoms with E-state index in [-0.39, 0.29) is 18.2 Å². The van der Waals surface area contributed by atoms with Gasteiger partial charge < -0.3 is 20.1 Å². The second-order valence-corrected chi connectivity index (χ2v) is 11.6. The first-order valence-corrected chi connectivity index (χ1v) is 13.5. The number of hydrogen-bond acceptors (Lipinski definition) is 8. The van der Waals surface area contributed by atoms with E-state index in [1.54, 1.807) is 47.7 Å². The number of fused-ring (bicyclic) bond motifs is 2.